The predicted molar refractivity (Wildman–Crippen MR) is 78.2 cm³/mol. The Hall–Kier alpha value is -0.280. The summed E-state index contributed by atoms with van der Waals surface area (Å²) in [5.74, 6) is 0. The van der Waals surface area contributed by atoms with Crippen molar-refractivity contribution in [1.82, 2.24) is 4.90 Å². The van der Waals surface area contributed by atoms with Crippen molar-refractivity contribution in [3.05, 3.63) is 35.9 Å². The largest absolute Gasteiger partial charge is 0.330 e. The SMILES string of the molecule is Cl.Cl.NCCC(c1ccccc1)N1CCCC1. The van der Waals surface area contributed by atoms with Crippen LogP contribution in [0.15, 0.2) is 30.3 Å². The molecule has 1 aromatic rings. The minimum Gasteiger partial charge on any atom is -0.330 e. The summed E-state index contributed by atoms with van der Waals surface area (Å²) in [5.41, 5.74) is 7.13. The first-order valence-electron chi connectivity index (χ1n) is 5.91. The first kappa shape index (κ1) is 16.7. The van der Waals surface area contributed by atoms with Gasteiger partial charge in [-0.15, -0.1) is 24.8 Å². The molecule has 17 heavy (non-hydrogen) atoms. The molecule has 4 heteroatoms. The Morgan fingerprint density at radius 3 is 2.18 bits per heavy atom. The lowest BCUT2D eigenvalue weighted by atomic mass is 10.0. The van der Waals surface area contributed by atoms with Crippen LogP contribution in [0.4, 0.5) is 0 Å². The fourth-order valence-electron chi connectivity index (χ4n) is 2.45. The Morgan fingerprint density at radius 2 is 1.65 bits per heavy atom. The Bertz CT molecular complexity index is 287. The molecule has 2 nitrogen and oxygen atoms in total. The molecule has 1 aliphatic rings. The van der Waals surface area contributed by atoms with Gasteiger partial charge in [-0.05, 0) is 44.5 Å². The van der Waals surface area contributed by atoms with Crippen LogP contribution in [0.1, 0.15) is 30.9 Å². The van der Waals surface area contributed by atoms with Gasteiger partial charge in [-0.1, -0.05) is 30.3 Å². The molecule has 0 saturated carbocycles. The fraction of sp³-hybridized carbons (Fsp3) is 0.538. The van der Waals surface area contributed by atoms with E-state index < -0.39 is 0 Å². The number of nitrogens with two attached hydrogens (primary N) is 1. The standard InChI is InChI=1S/C13H20N2.2ClH/c14-9-8-13(15-10-4-5-11-15)12-6-2-1-3-7-12;;/h1-3,6-7,13H,4-5,8-11,14H2;2*1H. The molecule has 0 amide bonds. The quantitative estimate of drug-likeness (QED) is 0.916. The summed E-state index contributed by atoms with van der Waals surface area (Å²) in [6.45, 7) is 3.25. The zero-order valence-electron chi connectivity index (χ0n) is 10.0. The van der Waals surface area contributed by atoms with Crippen molar-refractivity contribution >= 4 is 24.8 Å². The second kappa shape index (κ2) is 8.76. The van der Waals surface area contributed by atoms with E-state index >= 15 is 0 Å². The molecule has 1 fully saturated rings. The highest BCUT2D eigenvalue weighted by atomic mass is 35.5. The lowest BCUT2D eigenvalue weighted by molar-refractivity contribution is 0.236. The van der Waals surface area contributed by atoms with E-state index in [2.05, 4.69) is 35.2 Å². The lowest BCUT2D eigenvalue weighted by Crippen LogP contribution is -2.27. The molecule has 1 aliphatic heterocycles. The van der Waals surface area contributed by atoms with Gasteiger partial charge < -0.3 is 5.73 Å². The average molecular weight is 277 g/mol. The van der Waals surface area contributed by atoms with Crippen LogP contribution in [0.3, 0.4) is 0 Å². The molecule has 1 unspecified atom stereocenters. The van der Waals surface area contributed by atoms with Crippen LogP contribution in [0, 0.1) is 0 Å². The minimum absolute atomic E-state index is 0. The average Bonchev–Trinajstić information content (AvgIpc) is 2.80. The summed E-state index contributed by atoms with van der Waals surface area (Å²) in [6.07, 6.45) is 3.76. The molecule has 0 aromatic heterocycles. The Kier molecular flexibility index (Phi) is 8.61. The third kappa shape index (κ3) is 4.47. The van der Waals surface area contributed by atoms with E-state index in [1.165, 1.54) is 31.5 Å². The summed E-state index contributed by atoms with van der Waals surface area (Å²) in [4.78, 5) is 2.57. The number of halogens is 2. The Morgan fingerprint density at radius 1 is 1.06 bits per heavy atom. The molecule has 1 aromatic carbocycles. The van der Waals surface area contributed by atoms with Crippen LogP contribution >= 0.6 is 24.8 Å². The van der Waals surface area contributed by atoms with Crippen LogP contribution in [0.2, 0.25) is 0 Å². The van der Waals surface area contributed by atoms with E-state index in [4.69, 9.17) is 5.73 Å². The van der Waals surface area contributed by atoms with Gasteiger partial charge in [0.25, 0.3) is 0 Å². The van der Waals surface area contributed by atoms with Crippen molar-refractivity contribution in [2.45, 2.75) is 25.3 Å². The first-order valence-corrected chi connectivity index (χ1v) is 5.91. The summed E-state index contributed by atoms with van der Waals surface area (Å²) in [6, 6.07) is 11.3. The van der Waals surface area contributed by atoms with E-state index in [0.29, 0.717) is 6.04 Å². The number of likely N-dealkylation sites (tertiary alicyclic amines) is 1. The summed E-state index contributed by atoms with van der Waals surface area (Å²) in [5, 5.41) is 0. The predicted octanol–water partition coefficient (Wildman–Crippen LogP) is 3.02. The Labute approximate surface area is 116 Å². The molecule has 1 heterocycles. The summed E-state index contributed by atoms with van der Waals surface area (Å²) < 4.78 is 0. The van der Waals surface area contributed by atoms with Gasteiger partial charge in [0.2, 0.25) is 0 Å². The van der Waals surface area contributed by atoms with Crippen LogP contribution in [-0.4, -0.2) is 24.5 Å². The zero-order chi connectivity index (χ0) is 10.5. The van der Waals surface area contributed by atoms with Crippen molar-refractivity contribution in [2.75, 3.05) is 19.6 Å². The molecule has 0 radical (unpaired) electrons. The maximum atomic E-state index is 5.71. The highest BCUT2D eigenvalue weighted by molar-refractivity contribution is 5.85. The maximum absolute atomic E-state index is 5.71. The zero-order valence-corrected chi connectivity index (χ0v) is 11.7. The van der Waals surface area contributed by atoms with Gasteiger partial charge in [0.05, 0.1) is 0 Å². The summed E-state index contributed by atoms with van der Waals surface area (Å²) in [7, 11) is 0. The van der Waals surface area contributed by atoms with Crippen LogP contribution in [0.5, 0.6) is 0 Å². The lowest BCUT2D eigenvalue weighted by Gasteiger charge is -2.27. The third-order valence-electron chi connectivity index (χ3n) is 3.21. The van der Waals surface area contributed by atoms with Gasteiger partial charge in [0, 0.05) is 6.04 Å². The molecule has 0 spiro atoms. The van der Waals surface area contributed by atoms with Gasteiger partial charge in [-0.25, -0.2) is 0 Å². The molecule has 0 aliphatic carbocycles. The maximum Gasteiger partial charge on any atom is 0.0360 e. The van der Waals surface area contributed by atoms with Gasteiger partial charge in [0.15, 0.2) is 0 Å². The monoisotopic (exact) mass is 276 g/mol. The number of rotatable bonds is 4. The van der Waals surface area contributed by atoms with E-state index in [9.17, 15) is 0 Å². The normalized spacial score (nSPS) is 17.0. The van der Waals surface area contributed by atoms with Crippen LogP contribution in [0.25, 0.3) is 0 Å². The summed E-state index contributed by atoms with van der Waals surface area (Å²) >= 11 is 0. The molecule has 2 N–H and O–H groups in total. The molecule has 98 valence electrons. The second-order valence-electron chi connectivity index (χ2n) is 4.25. The number of nitrogens with zero attached hydrogens (tertiary/aromatic N) is 1. The second-order valence-corrected chi connectivity index (χ2v) is 4.25. The van der Waals surface area contributed by atoms with E-state index in [1.807, 2.05) is 0 Å². The Balaban J connectivity index is 0.00000128. The number of hydrogen-bond donors (Lipinski definition) is 1. The van der Waals surface area contributed by atoms with Crippen molar-refractivity contribution < 1.29 is 0 Å². The molecular weight excluding hydrogens is 255 g/mol. The van der Waals surface area contributed by atoms with Crippen LogP contribution < -0.4 is 5.73 Å². The first-order chi connectivity index (χ1) is 7.42. The van der Waals surface area contributed by atoms with Gasteiger partial charge in [-0.2, -0.15) is 0 Å². The van der Waals surface area contributed by atoms with Crippen molar-refractivity contribution in [3.63, 3.8) is 0 Å². The van der Waals surface area contributed by atoms with Crippen molar-refractivity contribution in [1.29, 1.82) is 0 Å². The topological polar surface area (TPSA) is 29.3 Å². The highest BCUT2D eigenvalue weighted by Gasteiger charge is 2.22. The van der Waals surface area contributed by atoms with Gasteiger partial charge in [-0.3, -0.25) is 4.90 Å². The molecule has 1 atom stereocenters. The van der Waals surface area contributed by atoms with E-state index in [1.54, 1.807) is 0 Å². The number of hydrogen-bond acceptors (Lipinski definition) is 2. The van der Waals surface area contributed by atoms with E-state index in [0.717, 1.165) is 13.0 Å². The van der Waals surface area contributed by atoms with Gasteiger partial charge in [0.1, 0.15) is 0 Å². The fourth-order valence-corrected chi connectivity index (χ4v) is 2.45. The molecule has 1 saturated heterocycles. The minimum atomic E-state index is 0. The highest BCUT2D eigenvalue weighted by Crippen LogP contribution is 2.27. The molecule has 0 bridgehead atoms. The van der Waals surface area contributed by atoms with E-state index in [-0.39, 0.29) is 24.8 Å². The third-order valence-corrected chi connectivity index (χ3v) is 3.21. The van der Waals surface area contributed by atoms with Crippen molar-refractivity contribution in [3.8, 4) is 0 Å². The van der Waals surface area contributed by atoms with Crippen molar-refractivity contribution in [2.24, 2.45) is 5.73 Å². The van der Waals surface area contributed by atoms with Crippen LogP contribution in [-0.2, 0) is 0 Å². The van der Waals surface area contributed by atoms with Gasteiger partial charge >= 0.3 is 0 Å². The molecule has 2 rings (SSSR count). The smallest absolute Gasteiger partial charge is 0.0360 e. The molecular formula is C13H22Cl2N2. The number of benzene rings is 1.